The lowest BCUT2D eigenvalue weighted by molar-refractivity contribution is 0.595. The van der Waals surface area contributed by atoms with Crippen molar-refractivity contribution in [3.63, 3.8) is 0 Å². The fraction of sp³-hybridized carbons (Fsp3) is 0.571. The van der Waals surface area contributed by atoms with Crippen LogP contribution < -0.4 is 10.6 Å². The molecule has 1 rings (SSSR count). The molecule has 0 radical (unpaired) electrons. The maximum absolute atomic E-state index is 12.1. The fourth-order valence-corrected chi connectivity index (χ4v) is 3.39. The van der Waals surface area contributed by atoms with Gasteiger partial charge in [0.25, 0.3) is 0 Å². The van der Waals surface area contributed by atoms with Crippen molar-refractivity contribution >= 4 is 15.5 Å². The molecule has 19 heavy (non-hydrogen) atoms. The van der Waals surface area contributed by atoms with Crippen LogP contribution in [0.5, 0.6) is 0 Å². The average molecular weight is 284 g/mol. The largest absolute Gasteiger partial charge is 0.384 e. The third-order valence-corrected chi connectivity index (χ3v) is 4.76. The van der Waals surface area contributed by atoms with Gasteiger partial charge in [-0.05, 0) is 38.1 Å². The minimum atomic E-state index is -3.17. The number of hydrogen-bond donors (Lipinski definition) is 2. The minimum absolute atomic E-state index is 0.198. The number of para-hydroxylation sites is 1. The van der Waals surface area contributed by atoms with Gasteiger partial charge < -0.3 is 10.6 Å². The van der Waals surface area contributed by atoms with Crippen molar-refractivity contribution in [2.24, 2.45) is 0 Å². The Morgan fingerprint density at radius 3 is 2.53 bits per heavy atom. The third kappa shape index (κ3) is 5.20. The molecule has 108 valence electrons. The third-order valence-electron chi connectivity index (χ3n) is 2.79. The molecule has 0 aliphatic heterocycles. The van der Waals surface area contributed by atoms with E-state index in [1.165, 1.54) is 0 Å². The Hall–Kier alpha value is -1.07. The van der Waals surface area contributed by atoms with Crippen LogP contribution in [0.2, 0.25) is 0 Å². The van der Waals surface area contributed by atoms with Crippen LogP contribution in [0.1, 0.15) is 26.7 Å². The summed E-state index contributed by atoms with van der Waals surface area (Å²) in [6.45, 7) is 6.62. The van der Waals surface area contributed by atoms with Gasteiger partial charge in [-0.1, -0.05) is 26.0 Å². The number of anilines is 1. The van der Waals surface area contributed by atoms with E-state index >= 15 is 0 Å². The summed E-state index contributed by atoms with van der Waals surface area (Å²) in [5.41, 5.74) is 0.715. The molecule has 0 saturated carbocycles. The van der Waals surface area contributed by atoms with Crippen molar-refractivity contribution in [1.29, 1.82) is 0 Å². The zero-order valence-electron chi connectivity index (χ0n) is 11.8. The monoisotopic (exact) mass is 284 g/mol. The quantitative estimate of drug-likeness (QED) is 0.683. The van der Waals surface area contributed by atoms with Crippen LogP contribution in [-0.2, 0) is 9.84 Å². The Kier molecular flexibility index (Phi) is 6.87. The lowest BCUT2D eigenvalue weighted by Crippen LogP contribution is -2.18. The number of sulfone groups is 1. The molecule has 0 heterocycles. The first-order valence-corrected chi connectivity index (χ1v) is 8.53. The van der Waals surface area contributed by atoms with Crippen LogP contribution in [0, 0.1) is 0 Å². The van der Waals surface area contributed by atoms with Gasteiger partial charge in [-0.3, -0.25) is 0 Å². The van der Waals surface area contributed by atoms with Crippen LogP contribution >= 0.6 is 0 Å². The Labute approximate surface area is 116 Å². The second kappa shape index (κ2) is 8.17. The van der Waals surface area contributed by atoms with Crippen molar-refractivity contribution in [3.8, 4) is 0 Å². The Bertz CT molecular complexity index is 472. The summed E-state index contributed by atoms with van der Waals surface area (Å²) >= 11 is 0. The number of hydrogen-bond acceptors (Lipinski definition) is 4. The Balaban J connectivity index is 2.68. The molecule has 5 heteroatoms. The Morgan fingerprint density at radius 2 is 1.84 bits per heavy atom. The van der Waals surface area contributed by atoms with E-state index in [-0.39, 0.29) is 5.75 Å². The van der Waals surface area contributed by atoms with Crippen molar-refractivity contribution in [3.05, 3.63) is 24.3 Å². The van der Waals surface area contributed by atoms with Gasteiger partial charge in [0.15, 0.2) is 9.84 Å². The molecule has 0 bridgehead atoms. The molecule has 0 fully saturated rings. The molecule has 4 nitrogen and oxygen atoms in total. The highest BCUT2D eigenvalue weighted by Gasteiger charge is 2.16. The van der Waals surface area contributed by atoms with Gasteiger partial charge in [-0.25, -0.2) is 8.42 Å². The van der Waals surface area contributed by atoms with E-state index in [0.717, 1.165) is 26.1 Å². The highest BCUT2D eigenvalue weighted by atomic mass is 32.2. The zero-order chi connectivity index (χ0) is 14.1. The van der Waals surface area contributed by atoms with E-state index in [1.54, 1.807) is 12.1 Å². The van der Waals surface area contributed by atoms with Gasteiger partial charge in [0.2, 0.25) is 0 Å². The molecule has 2 N–H and O–H groups in total. The summed E-state index contributed by atoms with van der Waals surface area (Å²) in [6.07, 6.45) is 1.60. The van der Waals surface area contributed by atoms with E-state index < -0.39 is 9.84 Å². The summed E-state index contributed by atoms with van der Waals surface area (Å²) in [5.74, 6) is 0.198. The molecule has 0 unspecified atom stereocenters. The lowest BCUT2D eigenvalue weighted by Gasteiger charge is -2.12. The maximum Gasteiger partial charge on any atom is 0.180 e. The summed E-state index contributed by atoms with van der Waals surface area (Å²) in [4.78, 5) is 0.417. The molecule has 0 spiro atoms. The first-order chi connectivity index (χ1) is 9.11. The van der Waals surface area contributed by atoms with Crippen LogP contribution in [0.3, 0.4) is 0 Å². The molecule has 1 aromatic rings. The minimum Gasteiger partial charge on any atom is -0.384 e. The zero-order valence-corrected chi connectivity index (χ0v) is 12.6. The standard InChI is InChI=1S/C14H24N2O2S/c1-3-12-19(17,18)14-9-6-5-8-13(14)16-11-7-10-15-4-2/h5-6,8-9,15-16H,3-4,7,10-12H2,1-2H3. The first kappa shape index (κ1) is 16.0. The molecule has 0 amide bonds. The van der Waals surface area contributed by atoms with Crippen LogP contribution in [0.4, 0.5) is 5.69 Å². The van der Waals surface area contributed by atoms with Gasteiger partial charge in [0.05, 0.1) is 16.3 Å². The van der Waals surface area contributed by atoms with Gasteiger partial charge in [0, 0.05) is 6.54 Å². The van der Waals surface area contributed by atoms with Crippen LogP contribution in [-0.4, -0.2) is 33.8 Å². The molecule has 0 saturated heterocycles. The summed E-state index contributed by atoms with van der Waals surface area (Å²) in [7, 11) is -3.17. The topological polar surface area (TPSA) is 58.2 Å². The molecule has 1 aromatic carbocycles. The van der Waals surface area contributed by atoms with Gasteiger partial charge in [-0.15, -0.1) is 0 Å². The lowest BCUT2D eigenvalue weighted by atomic mass is 10.3. The first-order valence-electron chi connectivity index (χ1n) is 6.88. The summed E-state index contributed by atoms with van der Waals surface area (Å²) in [5, 5.41) is 6.46. The molecular formula is C14H24N2O2S. The van der Waals surface area contributed by atoms with E-state index in [1.807, 2.05) is 19.1 Å². The van der Waals surface area contributed by atoms with E-state index in [4.69, 9.17) is 0 Å². The van der Waals surface area contributed by atoms with Crippen LogP contribution in [0.15, 0.2) is 29.2 Å². The van der Waals surface area contributed by atoms with E-state index in [0.29, 0.717) is 17.0 Å². The molecule has 0 atom stereocenters. The molecule has 0 aliphatic rings. The number of nitrogens with one attached hydrogen (secondary N) is 2. The van der Waals surface area contributed by atoms with Crippen molar-refractivity contribution in [2.45, 2.75) is 31.6 Å². The predicted molar refractivity (Wildman–Crippen MR) is 80.4 cm³/mol. The second-order valence-corrected chi connectivity index (χ2v) is 6.53. The number of benzene rings is 1. The fourth-order valence-electron chi connectivity index (χ4n) is 1.88. The van der Waals surface area contributed by atoms with Gasteiger partial charge >= 0.3 is 0 Å². The van der Waals surface area contributed by atoms with E-state index in [9.17, 15) is 8.42 Å². The second-order valence-electron chi connectivity index (χ2n) is 4.45. The van der Waals surface area contributed by atoms with Crippen molar-refractivity contribution < 1.29 is 8.42 Å². The molecule has 0 aliphatic carbocycles. The van der Waals surface area contributed by atoms with Crippen molar-refractivity contribution in [2.75, 3.05) is 30.7 Å². The highest BCUT2D eigenvalue weighted by molar-refractivity contribution is 7.91. The maximum atomic E-state index is 12.1. The average Bonchev–Trinajstić information content (AvgIpc) is 2.39. The van der Waals surface area contributed by atoms with Gasteiger partial charge in [0.1, 0.15) is 0 Å². The highest BCUT2D eigenvalue weighted by Crippen LogP contribution is 2.22. The summed E-state index contributed by atoms with van der Waals surface area (Å²) in [6, 6.07) is 7.14. The molecule has 0 aromatic heterocycles. The summed E-state index contributed by atoms with van der Waals surface area (Å²) < 4.78 is 24.3. The molecular weight excluding hydrogens is 260 g/mol. The Morgan fingerprint density at radius 1 is 1.11 bits per heavy atom. The predicted octanol–water partition coefficient (Wildman–Crippen LogP) is 2.28. The normalized spacial score (nSPS) is 11.5. The van der Waals surface area contributed by atoms with E-state index in [2.05, 4.69) is 17.6 Å². The SMILES string of the molecule is CCCS(=O)(=O)c1ccccc1NCCCNCC. The van der Waals surface area contributed by atoms with Gasteiger partial charge in [-0.2, -0.15) is 0 Å². The number of rotatable bonds is 9. The van der Waals surface area contributed by atoms with Crippen LogP contribution in [0.25, 0.3) is 0 Å². The van der Waals surface area contributed by atoms with Crippen molar-refractivity contribution in [1.82, 2.24) is 5.32 Å². The smallest absolute Gasteiger partial charge is 0.180 e.